The van der Waals surface area contributed by atoms with Crippen LogP contribution in [0.15, 0.2) is 59.5 Å². The predicted molar refractivity (Wildman–Crippen MR) is 72.4 cm³/mol. The molecule has 1 heterocycles. The van der Waals surface area contributed by atoms with Gasteiger partial charge in [-0.3, -0.25) is 15.0 Å². The summed E-state index contributed by atoms with van der Waals surface area (Å²) >= 11 is 0. The molecule has 0 saturated carbocycles. The van der Waals surface area contributed by atoms with Crippen molar-refractivity contribution in [3.05, 3.63) is 70.3 Å². The average Bonchev–Trinajstić information content (AvgIpc) is 3.29. The Hall–Kier alpha value is -2.29. The third-order valence-corrected chi connectivity index (χ3v) is 4.64. The highest BCUT2D eigenvalue weighted by Crippen LogP contribution is 2.42. The van der Waals surface area contributed by atoms with Crippen molar-refractivity contribution in [2.45, 2.75) is 11.1 Å². The first-order valence-electron chi connectivity index (χ1n) is 6.01. The van der Waals surface area contributed by atoms with Gasteiger partial charge < -0.3 is 0 Å². The molecule has 1 fully saturated rings. The molecule has 0 N–H and O–H groups in total. The molecule has 2 aromatic carbocycles. The molecule has 3 rings (SSSR count). The molecule has 0 aromatic heterocycles. The minimum atomic E-state index is -3.71. The van der Waals surface area contributed by atoms with Gasteiger partial charge in [-0.2, -0.15) is 0 Å². The minimum Gasteiger partial charge on any atom is -0.258 e. The number of sulfonamides is 1. The highest BCUT2D eigenvalue weighted by Gasteiger charge is 2.48. The number of hydrogen-bond acceptors (Lipinski definition) is 5. The zero-order valence-electron chi connectivity index (χ0n) is 10.6. The third kappa shape index (κ3) is 2.51. The Kier molecular flexibility index (Phi) is 3.20. The van der Waals surface area contributed by atoms with E-state index >= 15 is 0 Å². The van der Waals surface area contributed by atoms with E-state index < -0.39 is 21.2 Å². The normalized spacial score (nSPS) is 21.0. The minimum absolute atomic E-state index is 0.0585. The molecular formula is C13H10N2O5S. The second-order valence-corrected chi connectivity index (χ2v) is 6.16. The molecule has 1 aliphatic heterocycles. The summed E-state index contributed by atoms with van der Waals surface area (Å²) in [7, 11) is -3.71. The lowest BCUT2D eigenvalue weighted by molar-refractivity contribution is -0.384. The first-order valence-corrected chi connectivity index (χ1v) is 7.45. The standard InChI is InChI=1S/C13H10N2O5S/c16-14(17)11-8-6-10(7-9-11)13-15(20-13)21(18,19)12-4-2-1-3-5-12/h1-9,13H. The molecule has 1 aliphatic rings. The zero-order valence-corrected chi connectivity index (χ0v) is 11.4. The van der Waals surface area contributed by atoms with E-state index in [1.165, 1.54) is 36.4 Å². The number of nitrogens with zero attached hydrogens (tertiary/aromatic N) is 2. The van der Waals surface area contributed by atoms with E-state index in [2.05, 4.69) is 0 Å². The van der Waals surface area contributed by atoms with E-state index in [4.69, 9.17) is 4.84 Å². The Bertz CT molecular complexity index is 774. The van der Waals surface area contributed by atoms with Crippen molar-refractivity contribution in [3.63, 3.8) is 0 Å². The fourth-order valence-corrected chi connectivity index (χ4v) is 3.17. The van der Waals surface area contributed by atoms with Crippen LogP contribution in [0.1, 0.15) is 11.8 Å². The van der Waals surface area contributed by atoms with Gasteiger partial charge in [0, 0.05) is 17.7 Å². The number of hydroxylamine groups is 1. The van der Waals surface area contributed by atoms with Crippen LogP contribution in [0, 0.1) is 10.1 Å². The van der Waals surface area contributed by atoms with E-state index in [1.807, 2.05) is 0 Å². The molecule has 0 spiro atoms. The number of nitro benzene ring substituents is 1. The summed E-state index contributed by atoms with van der Waals surface area (Å²) in [5.74, 6) is 0. The van der Waals surface area contributed by atoms with Gasteiger partial charge in [-0.25, -0.2) is 8.42 Å². The van der Waals surface area contributed by atoms with Crippen molar-refractivity contribution in [1.82, 2.24) is 4.47 Å². The smallest absolute Gasteiger partial charge is 0.258 e. The lowest BCUT2D eigenvalue weighted by atomic mass is 10.2. The third-order valence-electron chi connectivity index (χ3n) is 3.02. The monoisotopic (exact) mass is 306 g/mol. The molecule has 0 amide bonds. The Labute approximate surface area is 120 Å². The van der Waals surface area contributed by atoms with Crippen molar-refractivity contribution >= 4 is 15.7 Å². The van der Waals surface area contributed by atoms with Crippen molar-refractivity contribution in [3.8, 4) is 0 Å². The van der Waals surface area contributed by atoms with Gasteiger partial charge in [-0.1, -0.05) is 18.2 Å². The first-order chi connectivity index (χ1) is 10.00. The zero-order chi connectivity index (χ0) is 15.0. The van der Waals surface area contributed by atoms with Gasteiger partial charge in [0.15, 0.2) is 6.23 Å². The second-order valence-electron chi connectivity index (χ2n) is 4.38. The van der Waals surface area contributed by atoms with E-state index in [-0.39, 0.29) is 10.6 Å². The number of non-ortho nitro benzene ring substituents is 1. The maximum Gasteiger partial charge on any atom is 0.269 e. The number of rotatable bonds is 4. The van der Waals surface area contributed by atoms with E-state index in [1.54, 1.807) is 18.2 Å². The second kappa shape index (κ2) is 4.92. The van der Waals surface area contributed by atoms with Gasteiger partial charge >= 0.3 is 0 Å². The van der Waals surface area contributed by atoms with E-state index in [9.17, 15) is 18.5 Å². The summed E-state index contributed by atoms with van der Waals surface area (Å²) in [6.07, 6.45) is -0.740. The molecular weight excluding hydrogens is 296 g/mol. The maximum atomic E-state index is 12.2. The van der Waals surface area contributed by atoms with Gasteiger partial charge in [-0.15, -0.1) is 0 Å². The Morgan fingerprint density at radius 2 is 1.67 bits per heavy atom. The highest BCUT2D eigenvalue weighted by atomic mass is 32.2. The van der Waals surface area contributed by atoms with Crippen LogP contribution in [-0.2, 0) is 14.9 Å². The van der Waals surface area contributed by atoms with Crippen LogP contribution in [0.3, 0.4) is 0 Å². The van der Waals surface area contributed by atoms with Crippen LogP contribution in [0.4, 0.5) is 5.69 Å². The average molecular weight is 306 g/mol. The van der Waals surface area contributed by atoms with Crippen LogP contribution >= 0.6 is 0 Å². The predicted octanol–water partition coefficient (Wildman–Crippen LogP) is 2.23. The fourth-order valence-electron chi connectivity index (χ4n) is 1.89. The lowest BCUT2D eigenvalue weighted by Gasteiger charge is -2.01. The van der Waals surface area contributed by atoms with E-state index in [0.717, 1.165) is 4.47 Å². The fraction of sp³-hybridized carbons (Fsp3) is 0.0769. The molecule has 7 nitrogen and oxygen atoms in total. The molecule has 0 bridgehead atoms. The summed E-state index contributed by atoms with van der Waals surface area (Å²) < 4.78 is 25.4. The molecule has 108 valence electrons. The van der Waals surface area contributed by atoms with E-state index in [0.29, 0.717) is 5.56 Å². The quantitative estimate of drug-likeness (QED) is 0.490. The van der Waals surface area contributed by atoms with Crippen LogP contribution in [-0.4, -0.2) is 17.8 Å². The first kappa shape index (κ1) is 13.7. The summed E-state index contributed by atoms with van der Waals surface area (Å²) in [6.45, 7) is 0. The number of hydrogen-bond donors (Lipinski definition) is 0. The Morgan fingerprint density at radius 1 is 1.05 bits per heavy atom. The summed E-state index contributed by atoms with van der Waals surface area (Å²) in [4.78, 5) is 15.3. The summed E-state index contributed by atoms with van der Waals surface area (Å²) in [6, 6.07) is 13.5. The molecule has 8 heteroatoms. The topological polar surface area (TPSA) is 92.8 Å². The van der Waals surface area contributed by atoms with Crippen LogP contribution in [0.5, 0.6) is 0 Å². The maximum absolute atomic E-state index is 12.2. The molecule has 0 aliphatic carbocycles. The summed E-state index contributed by atoms with van der Waals surface area (Å²) in [5.41, 5.74) is 0.483. The van der Waals surface area contributed by atoms with Crippen LogP contribution in [0.2, 0.25) is 0 Å². The Morgan fingerprint density at radius 3 is 2.24 bits per heavy atom. The molecule has 2 unspecified atom stereocenters. The van der Waals surface area contributed by atoms with Gasteiger partial charge in [0.05, 0.1) is 9.82 Å². The van der Waals surface area contributed by atoms with Crippen molar-refractivity contribution in [1.29, 1.82) is 0 Å². The largest absolute Gasteiger partial charge is 0.269 e. The molecule has 21 heavy (non-hydrogen) atoms. The van der Waals surface area contributed by atoms with Gasteiger partial charge in [0.2, 0.25) is 0 Å². The molecule has 1 saturated heterocycles. The van der Waals surface area contributed by atoms with Crippen molar-refractivity contribution < 1.29 is 18.2 Å². The van der Waals surface area contributed by atoms with Crippen molar-refractivity contribution in [2.24, 2.45) is 0 Å². The summed E-state index contributed by atoms with van der Waals surface area (Å²) in [5, 5.41) is 10.6. The van der Waals surface area contributed by atoms with Gasteiger partial charge in [0.1, 0.15) is 0 Å². The molecule has 0 radical (unpaired) electrons. The van der Waals surface area contributed by atoms with Gasteiger partial charge in [-0.05, 0) is 28.7 Å². The SMILES string of the molecule is O=[N+]([O-])c1ccc(C2ON2S(=O)(=O)c2ccccc2)cc1. The van der Waals surface area contributed by atoms with Crippen molar-refractivity contribution in [2.75, 3.05) is 0 Å². The van der Waals surface area contributed by atoms with Gasteiger partial charge in [0.25, 0.3) is 15.7 Å². The number of nitro groups is 1. The van der Waals surface area contributed by atoms with Crippen LogP contribution in [0.25, 0.3) is 0 Å². The Balaban J connectivity index is 1.81. The molecule has 2 aromatic rings. The number of benzene rings is 2. The lowest BCUT2D eigenvalue weighted by Crippen LogP contribution is -2.12. The molecule has 2 atom stereocenters. The highest BCUT2D eigenvalue weighted by molar-refractivity contribution is 7.89. The van der Waals surface area contributed by atoms with Crippen LogP contribution < -0.4 is 0 Å².